The number of aryl methyl sites for hydroxylation is 1. The van der Waals surface area contributed by atoms with Crippen LogP contribution in [0.3, 0.4) is 0 Å². The number of hydrogen-bond donors (Lipinski definition) is 2. The van der Waals surface area contributed by atoms with Crippen molar-refractivity contribution in [2.45, 2.75) is 19.5 Å². The molecule has 0 radical (unpaired) electrons. The topological polar surface area (TPSA) is 61.0 Å². The monoisotopic (exact) mass is 193 g/mol. The van der Waals surface area contributed by atoms with Crippen LogP contribution in [-0.2, 0) is 13.6 Å². The van der Waals surface area contributed by atoms with Gasteiger partial charge in [-0.25, -0.2) is 0 Å². The van der Waals surface area contributed by atoms with Gasteiger partial charge in [0.2, 0.25) is 0 Å². The number of nitrogens with one attached hydrogen (secondary N) is 1. The first-order valence-electron chi connectivity index (χ1n) is 4.57. The molecule has 1 aromatic heterocycles. The van der Waals surface area contributed by atoms with Crippen LogP contribution in [0.1, 0.15) is 18.2 Å². The van der Waals surface area contributed by atoms with Gasteiger partial charge in [0.1, 0.15) is 11.8 Å². The van der Waals surface area contributed by atoms with Gasteiger partial charge in [-0.2, -0.15) is 5.26 Å². The van der Waals surface area contributed by atoms with Gasteiger partial charge in [-0.1, -0.05) is 0 Å². The molecule has 0 spiro atoms. The normalized spacial score (nSPS) is 12.4. The third-order valence-electron chi connectivity index (χ3n) is 2.10. The summed E-state index contributed by atoms with van der Waals surface area (Å²) in [6, 6.07) is 4.03. The van der Waals surface area contributed by atoms with Crippen LogP contribution >= 0.6 is 0 Å². The van der Waals surface area contributed by atoms with Crippen molar-refractivity contribution in [3.05, 3.63) is 23.5 Å². The van der Waals surface area contributed by atoms with E-state index in [0.717, 1.165) is 5.56 Å². The molecule has 2 N–H and O–H groups in total. The number of rotatable bonds is 4. The van der Waals surface area contributed by atoms with E-state index in [1.165, 1.54) is 0 Å². The predicted octanol–water partition coefficient (Wildman–Crippen LogP) is 0.367. The minimum Gasteiger partial charge on any atom is -0.395 e. The van der Waals surface area contributed by atoms with Crippen molar-refractivity contribution in [3.63, 3.8) is 0 Å². The van der Waals surface area contributed by atoms with Gasteiger partial charge in [0, 0.05) is 25.8 Å². The zero-order valence-corrected chi connectivity index (χ0v) is 8.49. The van der Waals surface area contributed by atoms with Gasteiger partial charge in [-0.15, -0.1) is 0 Å². The van der Waals surface area contributed by atoms with Gasteiger partial charge >= 0.3 is 0 Å². The summed E-state index contributed by atoms with van der Waals surface area (Å²) in [4.78, 5) is 0. The quantitative estimate of drug-likeness (QED) is 0.726. The molecule has 0 saturated heterocycles. The summed E-state index contributed by atoms with van der Waals surface area (Å²) < 4.78 is 1.79. The zero-order chi connectivity index (χ0) is 10.6. The Balaban J connectivity index is 2.56. The molecular formula is C10H15N3O. The average molecular weight is 193 g/mol. The molecular weight excluding hydrogens is 178 g/mol. The maximum absolute atomic E-state index is 8.80. The van der Waals surface area contributed by atoms with Crippen molar-refractivity contribution in [2.24, 2.45) is 7.05 Å². The van der Waals surface area contributed by atoms with Crippen LogP contribution in [0.4, 0.5) is 0 Å². The van der Waals surface area contributed by atoms with E-state index >= 15 is 0 Å². The second-order valence-corrected chi connectivity index (χ2v) is 3.42. The molecule has 1 heterocycles. The number of nitriles is 1. The molecule has 0 aliphatic carbocycles. The fourth-order valence-electron chi connectivity index (χ4n) is 1.20. The molecule has 4 nitrogen and oxygen atoms in total. The molecule has 0 bridgehead atoms. The summed E-state index contributed by atoms with van der Waals surface area (Å²) in [7, 11) is 1.84. The van der Waals surface area contributed by atoms with Crippen molar-refractivity contribution in [2.75, 3.05) is 6.61 Å². The smallest absolute Gasteiger partial charge is 0.120 e. The lowest BCUT2D eigenvalue weighted by atomic mass is 10.3. The first-order chi connectivity index (χ1) is 6.67. The molecule has 1 unspecified atom stereocenters. The first-order valence-corrected chi connectivity index (χ1v) is 4.57. The van der Waals surface area contributed by atoms with Gasteiger partial charge in [0.25, 0.3) is 0 Å². The molecule has 0 fully saturated rings. The van der Waals surface area contributed by atoms with E-state index in [4.69, 9.17) is 10.4 Å². The number of aliphatic hydroxyl groups excluding tert-OH is 1. The molecule has 0 saturated carbocycles. The highest BCUT2D eigenvalue weighted by atomic mass is 16.3. The van der Waals surface area contributed by atoms with Crippen LogP contribution in [-0.4, -0.2) is 22.3 Å². The van der Waals surface area contributed by atoms with Crippen LogP contribution in [0.25, 0.3) is 0 Å². The maximum atomic E-state index is 8.80. The van der Waals surface area contributed by atoms with Crippen LogP contribution < -0.4 is 5.32 Å². The van der Waals surface area contributed by atoms with E-state index < -0.39 is 0 Å². The minimum atomic E-state index is 0.0840. The molecule has 4 heteroatoms. The number of aromatic nitrogens is 1. The highest BCUT2D eigenvalue weighted by molar-refractivity contribution is 5.28. The lowest BCUT2D eigenvalue weighted by Gasteiger charge is -2.08. The maximum Gasteiger partial charge on any atom is 0.120 e. The van der Waals surface area contributed by atoms with E-state index in [2.05, 4.69) is 11.4 Å². The molecule has 14 heavy (non-hydrogen) atoms. The van der Waals surface area contributed by atoms with E-state index in [9.17, 15) is 0 Å². The lowest BCUT2D eigenvalue weighted by Crippen LogP contribution is -2.28. The average Bonchev–Trinajstić information content (AvgIpc) is 2.55. The van der Waals surface area contributed by atoms with E-state index in [0.29, 0.717) is 12.2 Å². The molecule has 0 aliphatic rings. The molecule has 1 atom stereocenters. The second-order valence-electron chi connectivity index (χ2n) is 3.42. The van der Waals surface area contributed by atoms with Gasteiger partial charge < -0.3 is 15.0 Å². The first kappa shape index (κ1) is 10.8. The molecule has 0 amide bonds. The van der Waals surface area contributed by atoms with Crippen LogP contribution in [0.2, 0.25) is 0 Å². The summed E-state index contributed by atoms with van der Waals surface area (Å²) >= 11 is 0. The predicted molar refractivity (Wildman–Crippen MR) is 53.5 cm³/mol. The Hall–Kier alpha value is -1.31. The molecule has 0 aliphatic heterocycles. The Morgan fingerprint density at radius 3 is 2.93 bits per heavy atom. The summed E-state index contributed by atoms with van der Waals surface area (Å²) in [5, 5.41) is 20.7. The Morgan fingerprint density at radius 1 is 1.71 bits per heavy atom. The van der Waals surface area contributed by atoms with Gasteiger partial charge in [0.05, 0.1) is 6.61 Å². The Labute approximate surface area is 83.8 Å². The van der Waals surface area contributed by atoms with Gasteiger partial charge in [-0.3, -0.25) is 0 Å². The number of nitrogens with zero attached hydrogens (tertiary/aromatic N) is 2. The van der Waals surface area contributed by atoms with Crippen molar-refractivity contribution in [1.29, 1.82) is 5.26 Å². The summed E-state index contributed by atoms with van der Waals surface area (Å²) in [6.45, 7) is 2.71. The molecule has 76 valence electrons. The third-order valence-corrected chi connectivity index (χ3v) is 2.10. The third kappa shape index (κ3) is 2.59. The fraction of sp³-hybridized carbons (Fsp3) is 0.500. The fourth-order valence-corrected chi connectivity index (χ4v) is 1.20. The molecule has 1 aromatic rings. The molecule has 1 rings (SSSR count). The summed E-state index contributed by atoms with van der Waals surface area (Å²) in [5.74, 6) is 0. The summed E-state index contributed by atoms with van der Waals surface area (Å²) in [5.41, 5.74) is 1.71. The minimum absolute atomic E-state index is 0.0840. The van der Waals surface area contributed by atoms with Crippen molar-refractivity contribution in [3.8, 4) is 6.07 Å². The zero-order valence-electron chi connectivity index (χ0n) is 8.49. The number of hydrogen-bond acceptors (Lipinski definition) is 3. The largest absolute Gasteiger partial charge is 0.395 e. The van der Waals surface area contributed by atoms with Crippen LogP contribution in [0, 0.1) is 11.3 Å². The standard InChI is InChI=1S/C10H15N3O/c1-8(7-14)12-5-9-3-10(4-11)13(2)6-9/h3,6,8,12,14H,5,7H2,1-2H3. The van der Waals surface area contributed by atoms with Crippen molar-refractivity contribution < 1.29 is 5.11 Å². The van der Waals surface area contributed by atoms with Crippen molar-refractivity contribution in [1.82, 2.24) is 9.88 Å². The van der Waals surface area contributed by atoms with Gasteiger partial charge in [0.15, 0.2) is 0 Å². The Kier molecular flexibility index (Phi) is 3.69. The second kappa shape index (κ2) is 4.80. The Morgan fingerprint density at radius 2 is 2.43 bits per heavy atom. The van der Waals surface area contributed by atoms with Crippen LogP contribution in [0.5, 0.6) is 0 Å². The molecule has 0 aromatic carbocycles. The highest BCUT2D eigenvalue weighted by Gasteiger charge is 2.03. The lowest BCUT2D eigenvalue weighted by molar-refractivity contribution is 0.251. The highest BCUT2D eigenvalue weighted by Crippen LogP contribution is 2.05. The van der Waals surface area contributed by atoms with E-state index in [1.54, 1.807) is 4.57 Å². The van der Waals surface area contributed by atoms with E-state index in [1.807, 2.05) is 26.2 Å². The van der Waals surface area contributed by atoms with Crippen molar-refractivity contribution >= 4 is 0 Å². The number of aliphatic hydroxyl groups is 1. The van der Waals surface area contributed by atoms with E-state index in [-0.39, 0.29) is 12.6 Å². The SMILES string of the molecule is CC(CO)NCc1cc(C#N)n(C)c1. The summed E-state index contributed by atoms with van der Waals surface area (Å²) in [6.07, 6.45) is 1.91. The van der Waals surface area contributed by atoms with Gasteiger partial charge in [-0.05, 0) is 18.6 Å². The van der Waals surface area contributed by atoms with Crippen LogP contribution in [0.15, 0.2) is 12.3 Å². The Bertz CT molecular complexity index is 338.